The predicted octanol–water partition coefficient (Wildman–Crippen LogP) is 3.88. The van der Waals surface area contributed by atoms with Crippen LogP contribution in [0.2, 0.25) is 0 Å². The molecule has 0 saturated heterocycles. The monoisotopic (exact) mass is 348 g/mol. The van der Waals surface area contributed by atoms with E-state index in [0.29, 0.717) is 12.1 Å². The molecule has 3 aromatic rings. The maximum atomic E-state index is 12.6. The zero-order valence-corrected chi connectivity index (χ0v) is 15.4. The van der Waals surface area contributed by atoms with Crippen LogP contribution < -0.4 is 10.1 Å². The van der Waals surface area contributed by atoms with Crippen LogP contribution in [-0.4, -0.2) is 38.6 Å². The van der Waals surface area contributed by atoms with E-state index in [1.807, 2.05) is 80.8 Å². The highest BCUT2D eigenvalue weighted by molar-refractivity contribution is 5.98. The third-order valence-corrected chi connectivity index (χ3v) is 4.59. The van der Waals surface area contributed by atoms with Gasteiger partial charge in [0.25, 0.3) is 5.91 Å². The van der Waals surface area contributed by atoms with Crippen molar-refractivity contribution >= 4 is 16.7 Å². The van der Waals surface area contributed by atoms with E-state index in [4.69, 9.17) is 4.74 Å². The number of nitrogens with zero attached hydrogens (tertiary/aromatic N) is 1. The zero-order valence-electron chi connectivity index (χ0n) is 15.4. The highest BCUT2D eigenvalue weighted by Gasteiger charge is 2.16. The van der Waals surface area contributed by atoms with Gasteiger partial charge < -0.3 is 15.0 Å². The van der Waals surface area contributed by atoms with Gasteiger partial charge in [-0.05, 0) is 54.7 Å². The number of methoxy groups -OCH3 is 1. The molecule has 0 aliphatic carbocycles. The molecule has 3 aromatic carbocycles. The van der Waals surface area contributed by atoms with E-state index in [0.717, 1.165) is 22.1 Å². The van der Waals surface area contributed by atoms with E-state index in [2.05, 4.69) is 10.2 Å². The van der Waals surface area contributed by atoms with Gasteiger partial charge in [-0.25, -0.2) is 0 Å². The third-order valence-electron chi connectivity index (χ3n) is 4.59. The summed E-state index contributed by atoms with van der Waals surface area (Å²) in [6, 6.07) is 21.9. The van der Waals surface area contributed by atoms with E-state index in [1.165, 1.54) is 0 Å². The first kappa shape index (κ1) is 18.0. The van der Waals surface area contributed by atoms with Crippen molar-refractivity contribution in [2.24, 2.45) is 0 Å². The van der Waals surface area contributed by atoms with Gasteiger partial charge in [0.2, 0.25) is 0 Å². The second-order valence-corrected chi connectivity index (χ2v) is 6.52. The Balaban J connectivity index is 1.72. The molecule has 4 heteroatoms. The number of ether oxygens (including phenoxy) is 1. The normalized spacial score (nSPS) is 12.2. The van der Waals surface area contributed by atoms with E-state index >= 15 is 0 Å². The quantitative estimate of drug-likeness (QED) is 0.735. The zero-order chi connectivity index (χ0) is 18.5. The lowest BCUT2D eigenvalue weighted by molar-refractivity contribution is 0.0942. The number of nitrogens with one attached hydrogen (secondary N) is 1. The Morgan fingerprint density at radius 3 is 2.35 bits per heavy atom. The first-order valence-corrected chi connectivity index (χ1v) is 8.66. The molecule has 4 nitrogen and oxygen atoms in total. The van der Waals surface area contributed by atoms with Crippen LogP contribution >= 0.6 is 0 Å². The molecule has 0 aromatic heterocycles. The second-order valence-electron chi connectivity index (χ2n) is 6.52. The lowest BCUT2D eigenvalue weighted by Gasteiger charge is -2.25. The molecule has 1 unspecified atom stereocenters. The lowest BCUT2D eigenvalue weighted by Crippen LogP contribution is -2.34. The Hall–Kier alpha value is -2.85. The Labute approximate surface area is 154 Å². The van der Waals surface area contributed by atoms with Crippen LogP contribution in [0.1, 0.15) is 22.0 Å². The van der Waals surface area contributed by atoms with Crippen molar-refractivity contribution in [3.8, 4) is 5.75 Å². The van der Waals surface area contributed by atoms with Crippen molar-refractivity contribution in [1.82, 2.24) is 10.2 Å². The van der Waals surface area contributed by atoms with Gasteiger partial charge in [-0.2, -0.15) is 0 Å². The van der Waals surface area contributed by atoms with Gasteiger partial charge in [0.05, 0.1) is 13.2 Å². The molecule has 0 aliphatic heterocycles. The maximum absolute atomic E-state index is 12.6. The number of carbonyl (C=O) groups excluding carboxylic acids is 1. The van der Waals surface area contributed by atoms with Crippen LogP contribution in [0.15, 0.2) is 66.7 Å². The minimum absolute atomic E-state index is 0.0592. The second kappa shape index (κ2) is 8.02. The molecule has 0 aliphatic rings. The Kier molecular flexibility index (Phi) is 5.54. The van der Waals surface area contributed by atoms with Crippen LogP contribution in [0.4, 0.5) is 0 Å². The van der Waals surface area contributed by atoms with Crippen LogP contribution in [0, 0.1) is 0 Å². The first-order chi connectivity index (χ1) is 12.6. The summed E-state index contributed by atoms with van der Waals surface area (Å²) in [6.45, 7) is 0.533. The number of likely N-dealkylation sites (N-methyl/N-ethyl adjacent to an activating group) is 1. The Bertz CT molecular complexity index is 888. The van der Waals surface area contributed by atoms with Crippen molar-refractivity contribution < 1.29 is 9.53 Å². The SMILES string of the molecule is COc1ccc(C(CNC(=O)c2ccc3ccccc3c2)N(C)C)cc1. The minimum Gasteiger partial charge on any atom is -0.497 e. The number of hydrogen-bond donors (Lipinski definition) is 1. The third kappa shape index (κ3) is 4.03. The van der Waals surface area contributed by atoms with E-state index in [1.54, 1.807) is 7.11 Å². The first-order valence-electron chi connectivity index (χ1n) is 8.66. The van der Waals surface area contributed by atoms with E-state index in [-0.39, 0.29) is 11.9 Å². The average molecular weight is 348 g/mol. The summed E-state index contributed by atoms with van der Waals surface area (Å²) >= 11 is 0. The van der Waals surface area contributed by atoms with Crippen molar-refractivity contribution in [3.05, 3.63) is 77.9 Å². The number of carbonyl (C=O) groups is 1. The lowest BCUT2D eigenvalue weighted by atomic mass is 10.0. The molecule has 134 valence electrons. The van der Waals surface area contributed by atoms with E-state index < -0.39 is 0 Å². The molecule has 0 fully saturated rings. The maximum Gasteiger partial charge on any atom is 0.251 e. The number of rotatable bonds is 6. The van der Waals surface area contributed by atoms with Gasteiger partial charge in [-0.15, -0.1) is 0 Å². The molecule has 3 rings (SSSR count). The van der Waals surface area contributed by atoms with Crippen molar-refractivity contribution in [1.29, 1.82) is 0 Å². The van der Waals surface area contributed by atoms with Gasteiger partial charge >= 0.3 is 0 Å². The fourth-order valence-electron chi connectivity index (χ4n) is 3.05. The van der Waals surface area contributed by atoms with Gasteiger partial charge in [0.1, 0.15) is 5.75 Å². The van der Waals surface area contributed by atoms with Crippen molar-refractivity contribution in [2.45, 2.75) is 6.04 Å². The standard InChI is InChI=1S/C22H24N2O2/c1-24(2)21(17-10-12-20(26-3)13-11-17)15-23-22(25)19-9-8-16-6-4-5-7-18(16)14-19/h4-14,21H,15H2,1-3H3,(H,23,25). The Morgan fingerprint density at radius 1 is 1.00 bits per heavy atom. The fraction of sp³-hybridized carbons (Fsp3) is 0.227. The summed E-state index contributed by atoms with van der Waals surface area (Å²) in [6.07, 6.45) is 0. The largest absolute Gasteiger partial charge is 0.497 e. The van der Waals surface area contributed by atoms with Crippen LogP contribution in [-0.2, 0) is 0 Å². The number of amides is 1. The molecule has 0 saturated carbocycles. The Morgan fingerprint density at radius 2 is 1.69 bits per heavy atom. The highest BCUT2D eigenvalue weighted by Crippen LogP contribution is 2.21. The number of fused-ring (bicyclic) bond motifs is 1. The molecule has 0 heterocycles. The van der Waals surface area contributed by atoms with Crippen LogP contribution in [0.3, 0.4) is 0 Å². The van der Waals surface area contributed by atoms with Crippen LogP contribution in [0.5, 0.6) is 5.75 Å². The molecule has 0 spiro atoms. The van der Waals surface area contributed by atoms with Crippen LogP contribution in [0.25, 0.3) is 10.8 Å². The molecule has 0 radical (unpaired) electrons. The number of benzene rings is 3. The molecular formula is C22H24N2O2. The van der Waals surface area contributed by atoms with Gasteiger partial charge in [0, 0.05) is 12.1 Å². The average Bonchev–Trinajstić information content (AvgIpc) is 2.67. The van der Waals surface area contributed by atoms with Crippen molar-refractivity contribution in [2.75, 3.05) is 27.7 Å². The topological polar surface area (TPSA) is 41.6 Å². The summed E-state index contributed by atoms with van der Waals surface area (Å²) in [5.41, 5.74) is 1.81. The van der Waals surface area contributed by atoms with Gasteiger partial charge in [-0.1, -0.05) is 42.5 Å². The van der Waals surface area contributed by atoms with Gasteiger partial charge in [0.15, 0.2) is 0 Å². The molecule has 1 N–H and O–H groups in total. The number of hydrogen-bond acceptors (Lipinski definition) is 3. The fourth-order valence-corrected chi connectivity index (χ4v) is 3.05. The summed E-state index contributed by atoms with van der Waals surface area (Å²) in [5, 5.41) is 5.26. The summed E-state index contributed by atoms with van der Waals surface area (Å²) in [5.74, 6) is 0.766. The van der Waals surface area contributed by atoms with Gasteiger partial charge in [-0.3, -0.25) is 4.79 Å². The summed E-state index contributed by atoms with van der Waals surface area (Å²) in [4.78, 5) is 14.7. The molecule has 0 bridgehead atoms. The molecule has 26 heavy (non-hydrogen) atoms. The molecule has 1 atom stereocenters. The smallest absolute Gasteiger partial charge is 0.251 e. The van der Waals surface area contributed by atoms with Crippen molar-refractivity contribution in [3.63, 3.8) is 0 Å². The van der Waals surface area contributed by atoms with E-state index in [9.17, 15) is 4.79 Å². The summed E-state index contributed by atoms with van der Waals surface area (Å²) in [7, 11) is 5.68. The molecule has 1 amide bonds. The molecular weight excluding hydrogens is 324 g/mol. The predicted molar refractivity (Wildman–Crippen MR) is 106 cm³/mol. The summed E-state index contributed by atoms with van der Waals surface area (Å²) < 4.78 is 5.22. The highest BCUT2D eigenvalue weighted by atomic mass is 16.5. The minimum atomic E-state index is -0.0592.